The van der Waals surface area contributed by atoms with E-state index in [0.717, 1.165) is 17.7 Å². The minimum atomic E-state index is -3.05. The maximum Gasteiger partial charge on any atom is 0.264 e. The van der Waals surface area contributed by atoms with Crippen molar-refractivity contribution < 1.29 is 13.2 Å². The predicted molar refractivity (Wildman–Crippen MR) is 80.1 cm³/mol. The maximum absolute atomic E-state index is 12.6. The highest BCUT2D eigenvalue weighted by molar-refractivity contribution is 7.92. The molecule has 1 aromatic heterocycles. The third-order valence-electron chi connectivity index (χ3n) is 4.57. The van der Waals surface area contributed by atoms with E-state index in [4.69, 9.17) is 0 Å². The molecule has 110 valence electrons. The van der Waals surface area contributed by atoms with Crippen molar-refractivity contribution in [3.05, 3.63) is 21.4 Å². The number of hydrogen-bond donors (Lipinski definition) is 0. The van der Waals surface area contributed by atoms with Gasteiger partial charge >= 0.3 is 0 Å². The molecular weight excluding hydrogens is 294 g/mol. The Morgan fingerprint density at radius 1 is 1.35 bits per heavy atom. The number of sulfone groups is 1. The number of hydrogen-bond acceptors (Lipinski definition) is 4. The Labute approximate surface area is 123 Å². The average Bonchev–Trinajstić information content (AvgIpc) is 2.96. The SMILES string of the molecule is CC1C(C)S(=O)(=O)CCN1C(=O)c1cc2c(s1)CCC2. The predicted octanol–water partition coefficient (Wildman–Crippen LogP) is 1.88. The van der Waals surface area contributed by atoms with Crippen LogP contribution in [-0.4, -0.2) is 42.8 Å². The Morgan fingerprint density at radius 3 is 2.80 bits per heavy atom. The molecule has 0 saturated carbocycles. The Morgan fingerprint density at radius 2 is 2.10 bits per heavy atom. The number of thiophene rings is 1. The zero-order chi connectivity index (χ0) is 14.5. The largest absolute Gasteiger partial charge is 0.333 e. The van der Waals surface area contributed by atoms with Gasteiger partial charge in [-0.25, -0.2) is 8.42 Å². The third kappa shape index (κ3) is 2.19. The molecule has 0 spiro atoms. The van der Waals surface area contributed by atoms with Gasteiger partial charge in [0.25, 0.3) is 5.91 Å². The van der Waals surface area contributed by atoms with Crippen LogP contribution in [0.3, 0.4) is 0 Å². The van der Waals surface area contributed by atoms with E-state index in [1.165, 1.54) is 16.9 Å². The minimum Gasteiger partial charge on any atom is -0.333 e. The average molecular weight is 313 g/mol. The van der Waals surface area contributed by atoms with Crippen molar-refractivity contribution in [1.82, 2.24) is 4.90 Å². The number of carbonyl (C=O) groups excluding carboxylic acids is 1. The molecule has 20 heavy (non-hydrogen) atoms. The summed E-state index contributed by atoms with van der Waals surface area (Å²) >= 11 is 1.59. The normalized spacial score (nSPS) is 28.4. The van der Waals surface area contributed by atoms with Gasteiger partial charge in [-0.1, -0.05) is 0 Å². The fraction of sp³-hybridized carbons (Fsp3) is 0.643. The molecule has 2 unspecified atom stereocenters. The van der Waals surface area contributed by atoms with Crippen LogP contribution in [0.25, 0.3) is 0 Å². The molecule has 6 heteroatoms. The molecule has 0 N–H and O–H groups in total. The van der Waals surface area contributed by atoms with Gasteiger partial charge < -0.3 is 4.90 Å². The number of rotatable bonds is 1. The summed E-state index contributed by atoms with van der Waals surface area (Å²) in [5.74, 6) is 0.0775. The van der Waals surface area contributed by atoms with Crippen LogP contribution >= 0.6 is 11.3 Å². The molecule has 1 amide bonds. The highest BCUT2D eigenvalue weighted by atomic mass is 32.2. The quantitative estimate of drug-likeness (QED) is 0.795. The van der Waals surface area contributed by atoms with Gasteiger partial charge in [0.1, 0.15) is 0 Å². The van der Waals surface area contributed by atoms with Crippen LogP contribution in [0.5, 0.6) is 0 Å². The highest BCUT2D eigenvalue weighted by Crippen LogP contribution is 2.32. The van der Waals surface area contributed by atoms with Crippen LogP contribution in [0.1, 0.15) is 40.4 Å². The van der Waals surface area contributed by atoms with Crippen LogP contribution < -0.4 is 0 Å². The van der Waals surface area contributed by atoms with Crippen LogP contribution in [0, 0.1) is 0 Å². The van der Waals surface area contributed by atoms with Gasteiger partial charge in [-0.3, -0.25) is 4.79 Å². The lowest BCUT2D eigenvalue weighted by Crippen LogP contribution is -2.54. The van der Waals surface area contributed by atoms with Crippen molar-refractivity contribution in [2.75, 3.05) is 12.3 Å². The fourth-order valence-electron chi connectivity index (χ4n) is 3.03. The van der Waals surface area contributed by atoms with Crippen LogP contribution in [0.15, 0.2) is 6.07 Å². The van der Waals surface area contributed by atoms with E-state index >= 15 is 0 Å². The maximum atomic E-state index is 12.6. The van der Waals surface area contributed by atoms with Gasteiger partial charge in [-0.15, -0.1) is 11.3 Å². The molecular formula is C14H19NO3S2. The van der Waals surface area contributed by atoms with Crippen molar-refractivity contribution in [1.29, 1.82) is 0 Å². The number of amides is 1. The van der Waals surface area contributed by atoms with Crippen molar-refractivity contribution in [3.63, 3.8) is 0 Å². The molecule has 1 aliphatic carbocycles. The summed E-state index contributed by atoms with van der Waals surface area (Å²) in [6.45, 7) is 3.85. The summed E-state index contributed by atoms with van der Waals surface area (Å²) in [6.07, 6.45) is 3.33. The zero-order valence-electron chi connectivity index (χ0n) is 11.8. The highest BCUT2D eigenvalue weighted by Gasteiger charge is 2.38. The molecule has 3 rings (SSSR count). The standard InChI is InChI=1S/C14H19NO3S2/c1-9-10(2)20(17,18)7-6-15(9)14(16)13-8-11-4-3-5-12(11)19-13/h8-10H,3-7H2,1-2H3. The van der Waals surface area contributed by atoms with Gasteiger partial charge in [0.2, 0.25) is 0 Å². The number of nitrogens with zero attached hydrogens (tertiary/aromatic N) is 1. The van der Waals surface area contributed by atoms with E-state index in [-0.39, 0.29) is 17.7 Å². The van der Waals surface area contributed by atoms with Crippen molar-refractivity contribution in [2.45, 2.75) is 44.4 Å². The molecule has 2 aliphatic rings. The lowest BCUT2D eigenvalue weighted by molar-refractivity contribution is 0.0698. The molecule has 1 aliphatic heterocycles. The Balaban J connectivity index is 1.83. The first-order valence-electron chi connectivity index (χ1n) is 7.04. The molecule has 0 radical (unpaired) electrons. The molecule has 4 nitrogen and oxygen atoms in total. The summed E-state index contributed by atoms with van der Waals surface area (Å²) in [6, 6.07) is 1.76. The Bertz CT molecular complexity index is 626. The topological polar surface area (TPSA) is 54.5 Å². The van der Waals surface area contributed by atoms with Crippen LogP contribution in [-0.2, 0) is 22.7 Å². The Hall–Kier alpha value is -0.880. The van der Waals surface area contributed by atoms with Crippen LogP contribution in [0.4, 0.5) is 0 Å². The first-order chi connectivity index (χ1) is 9.40. The number of fused-ring (bicyclic) bond motifs is 1. The minimum absolute atomic E-state index is 0.00125. The van der Waals surface area contributed by atoms with E-state index in [1.807, 2.05) is 13.0 Å². The second-order valence-electron chi connectivity index (χ2n) is 5.72. The molecule has 1 aromatic rings. The molecule has 0 bridgehead atoms. The molecule has 1 fully saturated rings. The first-order valence-corrected chi connectivity index (χ1v) is 9.57. The van der Waals surface area contributed by atoms with Gasteiger partial charge in [-0.2, -0.15) is 0 Å². The van der Waals surface area contributed by atoms with Gasteiger partial charge in [0, 0.05) is 17.5 Å². The summed E-state index contributed by atoms with van der Waals surface area (Å²) in [4.78, 5) is 16.4. The third-order valence-corrected chi connectivity index (χ3v) is 8.08. The van der Waals surface area contributed by atoms with E-state index in [2.05, 4.69) is 0 Å². The summed E-state index contributed by atoms with van der Waals surface area (Å²) < 4.78 is 23.7. The number of carbonyl (C=O) groups is 1. The lowest BCUT2D eigenvalue weighted by atomic mass is 10.2. The molecule has 0 aromatic carbocycles. The van der Waals surface area contributed by atoms with Crippen molar-refractivity contribution in [3.8, 4) is 0 Å². The summed E-state index contributed by atoms with van der Waals surface area (Å²) in [5, 5.41) is -0.480. The van der Waals surface area contributed by atoms with Crippen molar-refractivity contribution >= 4 is 27.1 Å². The molecule has 1 saturated heterocycles. The van der Waals surface area contributed by atoms with E-state index in [9.17, 15) is 13.2 Å². The zero-order valence-corrected chi connectivity index (χ0v) is 13.4. The second-order valence-corrected chi connectivity index (χ2v) is 9.34. The van der Waals surface area contributed by atoms with E-state index in [1.54, 1.807) is 23.2 Å². The van der Waals surface area contributed by atoms with Crippen LogP contribution in [0.2, 0.25) is 0 Å². The van der Waals surface area contributed by atoms with E-state index < -0.39 is 15.1 Å². The summed E-state index contributed by atoms with van der Waals surface area (Å²) in [5.41, 5.74) is 1.31. The summed E-state index contributed by atoms with van der Waals surface area (Å²) in [7, 11) is -3.05. The first kappa shape index (κ1) is 14.1. The van der Waals surface area contributed by atoms with Crippen molar-refractivity contribution in [2.24, 2.45) is 0 Å². The molecule has 2 heterocycles. The Kier molecular flexibility index (Phi) is 3.41. The smallest absolute Gasteiger partial charge is 0.264 e. The second kappa shape index (κ2) is 4.84. The fourth-order valence-corrected chi connectivity index (χ4v) is 5.81. The van der Waals surface area contributed by atoms with Gasteiger partial charge in [0.05, 0.1) is 15.9 Å². The monoisotopic (exact) mass is 313 g/mol. The van der Waals surface area contributed by atoms with E-state index in [0.29, 0.717) is 6.54 Å². The van der Waals surface area contributed by atoms with Gasteiger partial charge in [0.15, 0.2) is 9.84 Å². The lowest BCUT2D eigenvalue weighted by Gasteiger charge is -2.37. The number of aryl methyl sites for hydroxylation is 2. The molecule has 2 atom stereocenters. The van der Waals surface area contributed by atoms with Gasteiger partial charge in [-0.05, 0) is 44.7 Å².